The SMILES string of the molecule is CN1C(=O)C[C@@H](Oc2ccccc2NC=O)[C@]2(C)[C@H]3CC[C@]4(C)CCC[C@H]4[C@@H]3CC[C@@H]12. The lowest BCUT2D eigenvalue weighted by atomic mass is 9.47. The van der Waals surface area contributed by atoms with Gasteiger partial charge in [-0.2, -0.15) is 0 Å². The molecule has 168 valence electrons. The number of nitrogens with one attached hydrogen (secondary N) is 1. The molecule has 4 aliphatic rings. The Hall–Kier alpha value is -2.04. The quantitative estimate of drug-likeness (QED) is 0.702. The second-order valence-corrected chi connectivity index (χ2v) is 11.0. The topological polar surface area (TPSA) is 58.6 Å². The van der Waals surface area contributed by atoms with Crippen molar-refractivity contribution in [3.8, 4) is 5.75 Å². The second-order valence-electron chi connectivity index (χ2n) is 11.0. The second kappa shape index (κ2) is 7.53. The van der Waals surface area contributed by atoms with Crippen molar-refractivity contribution in [1.82, 2.24) is 4.90 Å². The Morgan fingerprint density at radius 2 is 1.90 bits per heavy atom. The number of nitrogens with zero attached hydrogens (tertiary/aromatic N) is 1. The maximum atomic E-state index is 13.0. The van der Waals surface area contributed by atoms with Gasteiger partial charge in [0.2, 0.25) is 12.3 Å². The summed E-state index contributed by atoms with van der Waals surface area (Å²) in [5.74, 6) is 2.97. The monoisotopic (exact) mass is 424 g/mol. The number of amides is 2. The van der Waals surface area contributed by atoms with Crippen LogP contribution in [0.1, 0.15) is 65.2 Å². The van der Waals surface area contributed by atoms with Crippen LogP contribution in [0.25, 0.3) is 0 Å². The zero-order valence-corrected chi connectivity index (χ0v) is 19.1. The highest BCUT2D eigenvalue weighted by molar-refractivity contribution is 5.79. The maximum Gasteiger partial charge on any atom is 0.226 e. The van der Waals surface area contributed by atoms with Gasteiger partial charge in [0.15, 0.2) is 0 Å². The highest BCUT2D eigenvalue weighted by atomic mass is 16.5. The molecule has 0 unspecified atom stereocenters. The molecule has 4 fully saturated rings. The summed E-state index contributed by atoms with van der Waals surface area (Å²) in [7, 11) is 1.99. The van der Waals surface area contributed by atoms with Crippen molar-refractivity contribution in [3.63, 3.8) is 0 Å². The molecule has 3 aliphatic carbocycles. The van der Waals surface area contributed by atoms with Gasteiger partial charge in [-0.05, 0) is 73.8 Å². The standard InChI is InChI=1S/C26H36N2O3/c1-25-13-6-7-18(25)17-10-11-22-26(2,19(17)12-14-25)23(15-24(30)28(22)3)31-21-9-5-4-8-20(21)27-16-29/h4-5,8-9,16-19,22-23H,6-7,10-15H2,1-3H3,(H,27,29)/t17-,18-,19-,22+,23+,25-,26+/m0/s1. The van der Waals surface area contributed by atoms with Crippen LogP contribution >= 0.6 is 0 Å². The molecule has 1 aromatic rings. The maximum absolute atomic E-state index is 13.0. The predicted molar refractivity (Wildman–Crippen MR) is 121 cm³/mol. The van der Waals surface area contributed by atoms with Gasteiger partial charge in [-0.25, -0.2) is 0 Å². The number of hydrogen-bond donors (Lipinski definition) is 1. The zero-order valence-electron chi connectivity index (χ0n) is 19.1. The fourth-order valence-corrected chi connectivity index (χ4v) is 8.20. The average molecular weight is 425 g/mol. The number of carbonyl (C=O) groups is 2. The third-order valence-electron chi connectivity index (χ3n) is 9.79. The fraction of sp³-hybridized carbons (Fsp3) is 0.692. The van der Waals surface area contributed by atoms with Crippen LogP contribution in [0.3, 0.4) is 0 Å². The minimum atomic E-state index is -0.172. The molecule has 1 heterocycles. The van der Waals surface area contributed by atoms with Crippen LogP contribution in [0.2, 0.25) is 0 Å². The first kappa shape index (κ1) is 20.8. The highest BCUT2D eigenvalue weighted by Crippen LogP contribution is 2.65. The number of rotatable bonds is 4. The fourth-order valence-electron chi connectivity index (χ4n) is 8.20. The molecule has 7 atom stereocenters. The molecule has 0 bridgehead atoms. The van der Waals surface area contributed by atoms with E-state index in [0.29, 0.717) is 35.6 Å². The average Bonchev–Trinajstić information content (AvgIpc) is 3.15. The van der Waals surface area contributed by atoms with Crippen molar-refractivity contribution >= 4 is 18.0 Å². The number of carbonyl (C=O) groups excluding carboxylic acids is 2. The number of benzene rings is 1. The third-order valence-corrected chi connectivity index (χ3v) is 9.79. The summed E-state index contributed by atoms with van der Waals surface area (Å²) in [6.45, 7) is 4.93. The van der Waals surface area contributed by atoms with E-state index in [0.717, 1.165) is 18.3 Å². The van der Waals surface area contributed by atoms with E-state index in [1.807, 2.05) is 36.2 Å². The summed E-state index contributed by atoms with van der Waals surface area (Å²) >= 11 is 0. The lowest BCUT2D eigenvalue weighted by molar-refractivity contribution is -0.180. The minimum absolute atomic E-state index is 0.0796. The first-order valence-corrected chi connectivity index (χ1v) is 12.1. The number of hydrogen-bond acceptors (Lipinski definition) is 3. The molecule has 31 heavy (non-hydrogen) atoms. The normalized spacial score (nSPS) is 41.7. The van der Waals surface area contributed by atoms with Crippen LogP contribution < -0.4 is 10.1 Å². The van der Waals surface area contributed by atoms with Gasteiger partial charge in [0, 0.05) is 18.5 Å². The lowest BCUT2D eigenvalue weighted by Crippen LogP contribution is -2.67. The minimum Gasteiger partial charge on any atom is -0.487 e. The third kappa shape index (κ3) is 3.10. The Bertz CT molecular complexity index is 872. The van der Waals surface area contributed by atoms with Crippen LogP contribution in [0.15, 0.2) is 24.3 Å². The van der Waals surface area contributed by atoms with E-state index in [4.69, 9.17) is 4.74 Å². The Labute approximate surface area is 185 Å². The molecule has 2 amide bonds. The Balaban J connectivity index is 1.51. The van der Waals surface area contributed by atoms with Gasteiger partial charge >= 0.3 is 0 Å². The largest absolute Gasteiger partial charge is 0.487 e. The molecular formula is C26H36N2O3. The van der Waals surface area contributed by atoms with Crippen molar-refractivity contribution in [1.29, 1.82) is 0 Å². The van der Waals surface area contributed by atoms with Crippen LogP contribution in [0.5, 0.6) is 5.75 Å². The Morgan fingerprint density at radius 1 is 1.10 bits per heavy atom. The first-order chi connectivity index (χ1) is 14.9. The van der Waals surface area contributed by atoms with Gasteiger partial charge in [0.25, 0.3) is 0 Å². The summed E-state index contributed by atoms with van der Waals surface area (Å²) in [5, 5.41) is 2.76. The highest BCUT2D eigenvalue weighted by Gasteiger charge is 2.63. The Morgan fingerprint density at radius 3 is 2.71 bits per heavy atom. The lowest BCUT2D eigenvalue weighted by Gasteiger charge is -2.63. The molecule has 0 aromatic heterocycles. The Kier molecular flexibility index (Phi) is 5.06. The molecular weight excluding hydrogens is 388 g/mol. The number of piperidine rings is 1. The predicted octanol–water partition coefficient (Wildman–Crippen LogP) is 4.87. The molecule has 5 nitrogen and oxygen atoms in total. The van der Waals surface area contributed by atoms with Crippen LogP contribution in [0.4, 0.5) is 5.69 Å². The molecule has 1 aliphatic heterocycles. The molecule has 0 spiro atoms. The number of fused-ring (bicyclic) bond motifs is 5. The van der Waals surface area contributed by atoms with Gasteiger partial charge in [0.05, 0.1) is 12.1 Å². The number of para-hydroxylation sites is 2. The molecule has 3 saturated carbocycles. The van der Waals surface area contributed by atoms with E-state index in [1.54, 1.807) is 0 Å². The van der Waals surface area contributed by atoms with Gasteiger partial charge in [-0.15, -0.1) is 0 Å². The van der Waals surface area contributed by atoms with Gasteiger partial charge in [0.1, 0.15) is 11.9 Å². The molecule has 1 N–H and O–H groups in total. The van der Waals surface area contributed by atoms with Crippen molar-refractivity contribution < 1.29 is 14.3 Å². The summed E-state index contributed by atoms with van der Waals surface area (Å²) in [4.78, 5) is 26.1. The molecule has 1 saturated heterocycles. The van der Waals surface area contributed by atoms with Crippen LogP contribution in [0, 0.1) is 28.6 Å². The number of ether oxygens (including phenoxy) is 1. The summed E-state index contributed by atoms with van der Waals surface area (Å²) < 4.78 is 6.65. The van der Waals surface area contributed by atoms with E-state index in [2.05, 4.69) is 19.2 Å². The first-order valence-electron chi connectivity index (χ1n) is 12.1. The molecule has 5 heteroatoms. The van der Waals surface area contributed by atoms with Crippen LogP contribution in [-0.2, 0) is 9.59 Å². The van der Waals surface area contributed by atoms with E-state index in [1.165, 1.54) is 38.5 Å². The molecule has 1 aromatic carbocycles. The zero-order chi connectivity index (χ0) is 21.8. The van der Waals surface area contributed by atoms with Crippen molar-refractivity contribution in [3.05, 3.63) is 24.3 Å². The number of likely N-dealkylation sites (tertiary alicyclic amines) is 1. The van der Waals surface area contributed by atoms with Crippen molar-refractivity contribution in [2.45, 2.75) is 77.4 Å². The smallest absolute Gasteiger partial charge is 0.226 e. The van der Waals surface area contributed by atoms with Crippen molar-refractivity contribution in [2.24, 2.45) is 28.6 Å². The van der Waals surface area contributed by atoms with Gasteiger partial charge in [-0.3, -0.25) is 9.59 Å². The molecule has 5 rings (SSSR count). The molecule has 0 radical (unpaired) electrons. The van der Waals surface area contributed by atoms with E-state index in [9.17, 15) is 9.59 Å². The van der Waals surface area contributed by atoms with E-state index >= 15 is 0 Å². The summed E-state index contributed by atoms with van der Waals surface area (Å²) in [5.41, 5.74) is 1.10. The van der Waals surface area contributed by atoms with Crippen molar-refractivity contribution in [2.75, 3.05) is 12.4 Å². The van der Waals surface area contributed by atoms with E-state index in [-0.39, 0.29) is 23.5 Å². The summed E-state index contributed by atoms with van der Waals surface area (Å²) in [6, 6.07) is 7.80. The van der Waals surface area contributed by atoms with Crippen LogP contribution in [-0.4, -0.2) is 36.4 Å². The van der Waals surface area contributed by atoms with Gasteiger partial charge < -0.3 is 15.0 Å². The van der Waals surface area contributed by atoms with E-state index < -0.39 is 0 Å². The number of anilines is 1. The van der Waals surface area contributed by atoms with Gasteiger partial charge in [-0.1, -0.05) is 32.4 Å². The summed E-state index contributed by atoms with van der Waals surface area (Å²) in [6.07, 6.45) is 9.88.